The van der Waals surface area contributed by atoms with Crippen LogP contribution in [0.2, 0.25) is 0 Å². The van der Waals surface area contributed by atoms with E-state index >= 15 is 0 Å². The van der Waals surface area contributed by atoms with Crippen LogP contribution in [0.1, 0.15) is 61.8 Å². The smallest absolute Gasteiger partial charge is 0.243 e. The van der Waals surface area contributed by atoms with Crippen LogP contribution < -0.4 is 9.62 Å². The molecule has 0 aliphatic heterocycles. The Balaban J connectivity index is 2.03. The Labute approximate surface area is 187 Å². The quantitative estimate of drug-likeness (QED) is 0.539. The average Bonchev–Trinajstić information content (AvgIpc) is 2.70. The third-order valence-electron chi connectivity index (χ3n) is 5.66. The van der Waals surface area contributed by atoms with Crippen LogP contribution in [-0.4, -0.2) is 33.2 Å². The molecule has 0 aliphatic carbocycles. The molecule has 0 saturated heterocycles. The van der Waals surface area contributed by atoms with Crippen LogP contribution in [0.3, 0.4) is 0 Å². The lowest BCUT2D eigenvalue weighted by atomic mass is 10.0. The van der Waals surface area contributed by atoms with E-state index in [9.17, 15) is 13.2 Å². The van der Waals surface area contributed by atoms with Crippen molar-refractivity contribution in [1.29, 1.82) is 0 Å². The summed E-state index contributed by atoms with van der Waals surface area (Å²) in [5.74, 6) is 0.246. The summed E-state index contributed by atoms with van der Waals surface area (Å²) in [4.78, 5) is 12.9. The molecule has 2 aromatic carbocycles. The first kappa shape index (κ1) is 24.9. The van der Waals surface area contributed by atoms with Gasteiger partial charge in [0.1, 0.15) is 6.04 Å². The summed E-state index contributed by atoms with van der Waals surface area (Å²) in [5.41, 5.74) is 5.15. The Morgan fingerprint density at radius 2 is 1.68 bits per heavy atom. The highest BCUT2D eigenvalue weighted by atomic mass is 32.2. The third kappa shape index (κ3) is 6.82. The zero-order valence-electron chi connectivity index (χ0n) is 19.6. The number of anilines is 1. The maximum Gasteiger partial charge on any atom is 0.243 e. The van der Waals surface area contributed by atoms with Crippen molar-refractivity contribution in [2.24, 2.45) is 0 Å². The molecule has 6 heteroatoms. The number of hydrogen-bond acceptors (Lipinski definition) is 3. The van der Waals surface area contributed by atoms with Gasteiger partial charge in [0, 0.05) is 6.54 Å². The van der Waals surface area contributed by atoms with Crippen molar-refractivity contribution < 1.29 is 13.2 Å². The summed E-state index contributed by atoms with van der Waals surface area (Å²) >= 11 is 0. The Kier molecular flexibility index (Phi) is 8.69. The number of aryl methyl sites for hydroxylation is 3. The fraction of sp³-hybridized carbons (Fsp3) is 0.480. The molecule has 2 aromatic rings. The van der Waals surface area contributed by atoms with E-state index in [1.165, 1.54) is 15.4 Å². The summed E-state index contributed by atoms with van der Waals surface area (Å²) in [6, 6.07) is 13.3. The molecule has 5 nitrogen and oxygen atoms in total. The number of hydrogen-bond donors (Lipinski definition) is 1. The van der Waals surface area contributed by atoms with Gasteiger partial charge < -0.3 is 5.32 Å². The van der Waals surface area contributed by atoms with Crippen molar-refractivity contribution in [3.63, 3.8) is 0 Å². The number of carbonyl (C=O) groups excluding carboxylic acids is 1. The second-order valence-electron chi connectivity index (χ2n) is 8.54. The van der Waals surface area contributed by atoms with E-state index in [1.807, 2.05) is 32.9 Å². The maximum absolute atomic E-state index is 12.9. The highest BCUT2D eigenvalue weighted by Gasteiger charge is 2.31. The first-order valence-electron chi connectivity index (χ1n) is 11.0. The standard InChI is InChI=1S/C25H36N2O3S/c1-7-24(27(31(6,29)30)23-15-10-19(4)20(5)17-23)25(28)26-16-8-9-21-11-13-22(14-12-21)18(2)3/h10-15,17-18,24H,7-9,16H2,1-6H3,(H,26,28)/t24-/m1/s1. The molecular weight excluding hydrogens is 408 g/mol. The van der Waals surface area contributed by atoms with Gasteiger partial charge in [-0.3, -0.25) is 9.10 Å². The number of sulfonamides is 1. The topological polar surface area (TPSA) is 66.5 Å². The van der Waals surface area contributed by atoms with Crippen molar-refractivity contribution in [2.75, 3.05) is 17.1 Å². The molecule has 31 heavy (non-hydrogen) atoms. The molecule has 0 unspecified atom stereocenters. The fourth-order valence-electron chi connectivity index (χ4n) is 3.61. The van der Waals surface area contributed by atoms with Crippen molar-refractivity contribution in [3.8, 4) is 0 Å². The Bertz CT molecular complexity index is 982. The van der Waals surface area contributed by atoms with Crippen LogP contribution in [0.15, 0.2) is 42.5 Å². The second kappa shape index (κ2) is 10.8. The zero-order chi connectivity index (χ0) is 23.2. The van der Waals surface area contributed by atoms with Crippen LogP contribution in [-0.2, 0) is 21.2 Å². The number of nitrogens with one attached hydrogen (secondary N) is 1. The molecule has 0 radical (unpaired) electrons. The molecule has 0 saturated carbocycles. The summed E-state index contributed by atoms with van der Waals surface area (Å²) < 4.78 is 26.4. The first-order chi connectivity index (χ1) is 14.5. The Morgan fingerprint density at radius 3 is 2.19 bits per heavy atom. The molecule has 2 rings (SSSR count). The summed E-state index contributed by atoms with van der Waals surface area (Å²) in [6.07, 6.45) is 3.20. The normalized spacial score (nSPS) is 12.6. The van der Waals surface area contributed by atoms with Gasteiger partial charge in [0.2, 0.25) is 15.9 Å². The SMILES string of the molecule is CC[C@H](C(=O)NCCCc1ccc(C(C)C)cc1)N(c1ccc(C)c(C)c1)S(C)(=O)=O. The van der Waals surface area contributed by atoms with Gasteiger partial charge in [-0.15, -0.1) is 0 Å². The molecular formula is C25H36N2O3S. The average molecular weight is 445 g/mol. The van der Waals surface area contributed by atoms with Gasteiger partial charge in [-0.1, -0.05) is 51.1 Å². The van der Waals surface area contributed by atoms with E-state index in [-0.39, 0.29) is 5.91 Å². The van der Waals surface area contributed by atoms with Gasteiger partial charge in [0.25, 0.3) is 0 Å². The van der Waals surface area contributed by atoms with E-state index in [1.54, 1.807) is 6.07 Å². The van der Waals surface area contributed by atoms with Crippen molar-refractivity contribution >= 4 is 21.6 Å². The van der Waals surface area contributed by atoms with Crippen molar-refractivity contribution in [1.82, 2.24) is 5.32 Å². The van der Waals surface area contributed by atoms with Crippen LogP contribution in [0.4, 0.5) is 5.69 Å². The summed E-state index contributed by atoms with van der Waals surface area (Å²) in [7, 11) is -3.62. The molecule has 0 fully saturated rings. The lowest BCUT2D eigenvalue weighted by Gasteiger charge is -2.30. The minimum atomic E-state index is -3.62. The molecule has 1 N–H and O–H groups in total. The lowest BCUT2D eigenvalue weighted by molar-refractivity contribution is -0.122. The number of carbonyl (C=O) groups is 1. The molecule has 0 aromatic heterocycles. The number of benzene rings is 2. The molecule has 0 spiro atoms. The highest BCUT2D eigenvalue weighted by molar-refractivity contribution is 7.92. The Morgan fingerprint density at radius 1 is 1.03 bits per heavy atom. The second-order valence-corrected chi connectivity index (χ2v) is 10.4. The molecule has 170 valence electrons. The number of nitrogens with zero attached hydrogens (tertiary/aromatic N) is 1. The molecule has 0 aliphatic rings. The van der Waals surface area contributed by atoms with Gasteiger partial charge in [0.05, 0.1) is 11.9 Å². The lowest BCUT2D eigenvalue weighted by Crippen LogP contribution is -2.49. The maximum atomic E-state index is 12.9. The first-order valence-corrected chi connectivity index (χ1v) is 12.8. The van der Waals surface area contributed by atoms with Crippen LogP contribution in [0.25, 0.3) is 0 Å². The summed E-state index contributed by atoms with van der Waals surface area (Å²) in [5, 5.41) is 2.94. The van der Waals surface area contributed by atoms with E-state index in [2.05, 4.69) is 43.4 Å². The van der Waals surface area contributed by atoms with Gasteiger partial charge >= 0.3 is 0 Å². The minimum absolute atomic E-state index is 0.263. The predicted octanol–water partition coefficient (Wildman–Crippen LogP) is 4.72. The Hall–Kier alpha value is -2.34. The van der Waals surface area contributed by atoms with E-state index in [0.717, 1.165) is 30.2 Å². The summed E-state index contributed by atoms with van der Waals surface area (Å²) in [6.45, 7) is 10.6. The molecule has 0 heterocycles. The van der Waals surface area contributed by atoms with Crippen LogP contribution >= 0.6 is 0 Å². The van der Waals surface area contributed by atoms with E-state index in [0.29, 0.717) is 24.6 Å². The fourth-order valence-corrected chi connectivity index (χ4v) is 4.82. The van der Waals surface area contributed by atoms with Crippen LogP contribution in [0.5, 0.6) is 0 Å². The largest absolute Gasteiger partial charge is 0.354 e. The molecule has 1 amide bonds. The molecule has 0 bridgehead atoms. The van der Waals surface area contributed by atoms with Crippen molar-refractivity contribution in [2.45, 2.75) is 65.8 Å². The van der Waals surface area contributed by atoms with Crippen molar-refractivity contribution in [3.05, 3.63) is 64.7 Å². The van der Waals surface area contributed by atoms with Gasteiger partial charge in [-0.05, 0) is 73.4 Å². The van der Waals surface area contributed by atoms with Crippen LogP contribution in [0, 0.1) is 13.8 Å². The van der Waals surface area contributed by atoms with Gasteiger partial charge in [0.15, 0.2) is 0 Å². The zero-order valence-corrected chi connectivity index (χ0v) is 20.4. The van der Waals surface area contributed by atoms with E-state index in [4.69, 9.17) is 0 Å². The monoisotopic (exact) mass is 444 g/mol. The minimum Gasteiger partial charge on any atom is -0.354 e. The van der Waals surface area contributed by atoms with E-state index < -0.39 is 16.1 Å². The number of rotatable bonds is 10. The van der Waals surface area contributed by atoms with Gasteiger partial charge in [-0.2, -0.15) is 0 Å². The predicted molar refractivity (Wildman–Crippen MR) is 129 cm³/mol. The number of amides is 1. The highest BCUT2D eigenvalue weighted by Crippen LogP contribution is 2.25. The van der Waals surface area contributed by atoms with Gasteiger partial charge in [-0.25, -0.2) is 8.42 Å². The third-order valence-corrected chi connectivity index (χ3v) is 6.84. The molecule has 1 atom stereocenters.